The number of pyridine rings is 1. The average Bonchev–Trinajstić information content (AvgIpc) is 3.20. The fourth-order valence-corrected chi connectivity index (χ4v) is 3.86. The molecule has 0 bridgehead atoms. The topological polar surface area (TPSA) is 53.6 Å². The van der Waals surface area contributed by atoms with Gasteiger partial charge in [0, 0.05) is 18.3 Å². The molecule has 0 saturated carbocycles. The second-order valence-corrected chi connectivity index (χ2v) is 7.99. The van der Waals surface area contributed by atoms with Gasteiger partial charge in [0.05, 0.1) is 17.3 Å². The van der Waals surface area contributed by atoms with E-state index in [4.69, 9.17) is 0 Å². The molecule has 0 unspecified atom stereocenters. The normalized spacial score (nSPS) is 12.6. The molecule has 0 radical (unpaired) electrons. The Kier molecular flexibility index (Phi) is 6.95. The zero-order valence-electron chi connectivity index (χ0n) is 18.6. The molecule has 4 nitrogen and oxygen atoms in total. The van der Waals surface area contributed by atoms with Gasteiger partial charge in [-0.05, 0) is 53.0 Å². The van der Waals surface area contributed by atoms with E-state index in [1.165, 1.54) is 6.07 Å². The number of halogens is 4. The molecular weight excluding hydrogens is 444 g/mol. The lowest BCUT2D eigenvalue weighted by Crippen LogP contribution is -2.10. The van der Waals surface area contributed by atoms with E-state index >= 15 is 0 Å². The van der Waals surface area contributed by atoms with E-state index in [1.807, 2.05) is 0 Å². The molecule has 176 valence electrons. The van der Waals surface area contributed by atoms with Crippen molar-refractivity contribution in [2.75, 3.05) is 11.9 Å². The number of allylic oxidation sites excluding steroid dienone is 1. The summed E-state index contributed by atoms with van der Waals surface area (Å²) in [6.07, 6.45) is -2.03. The smallest absolute Gasteiger partial charge is 0.370 e. The van der Waals surface area contributed by atoms with Gasteiger partial charge in [0.25, 0.3) is 0 Å². The minimum Gasteiger partial charge on any atom is -0.370 e. The van der Waals surface area contributed by atoms with E-state index < -0.39 is 18.5 Å². The maximum Gasteiger partial charge on any atom is 0.393 e. The van der Waals surface area contributed by atoms with E-state index in [0.29, 0.717) is 33.6 Å². The summed E-state index contributed by atoms with van der Waals surface area (Å²) in [5.74, 6) is 0.00634. The summed E-state index contributed by atoms with van der Waals surface area (Å²) in [6, 6.07) is 16.7. The minimum absolute atomic E-state index is 0.0878. The Morgan fingerprint density at radius 2 is 1.74 bits per heavy atom. The van der Waals surface area contributed by atoms with Gasteiger partial charge in [-0.25, -0.2) is 4.98 Å². The van der Waals surface area contributed by atoms with Crippen LogP contribution in [0.25, 0.3) is 22.0 Å². The highest BCUT2D eigenvalue weighted by Gasteiger charge is 2.31. The largest absolute Gasteiger partial charge is 0.393 e. The molecule has 0 aliphatic rings. The Hall–Kier alpha value is -3.68. The highest BCUT2D eigenvalue weighted by atomic mass is 19.4. The maximum atomic E-state index is 14.3. The van der Waals surface area contributed by atoms with Crippen LogP contribution in [0.5, 0.6) is 0 Å². The number of unbranched alkanes of at least 4 members (excludes halogenated alkanes) is 1. The van der Waals surface area contributed by atoms with Crippen LogP contribution in [0.2, 0.25) is 0 Å². The molecule has 0 aliphatic carbocycles. The summed E-state index contributed by atoms with van der Waals surface area (Å²) < 4.78 is 55.5. The number of H-pyrrole nitrogens is 1. The molecule has 0 spiro atoms. The highest BCUT2D eigenvalue weighted by Crippen LogP contribution is 2.40. The molecule has 34 heavy (non-hydrogen) atoms. The van der Waals surface area contributed by atoms with Crippen LogP contribution in [0.4, 0.5) is 23.4 Å². The quantitative estimate of drug-likeness (QED) is 0.163. The van der Waals surface area contributed by atoms with Gasteiger partial charge in [0.2, 0.25) is 5.95 Å². The van der Waals surface area contributed by atoms with Crippen molar-refractivity contribution in [1.29, 1.82) is 0 Å². The molecule has 0 amide bonds. The third kappa shape index (κ3) is 5.44. The summed E-state index contributed by atoms with van der Waals surface area (Å²) in [6.45, 7) is 2.84. The first-order valence-electron chi connectivity index (χ1n) is 11.1. The van der Waals surface area contributed by atoms with Crippen LogP contribution < -0.4 is 5.32 Å². The van der Waals surface area contributed by atoms with Gasteiger partial charge in [-0.1, -0.05) is 49.7 Å². The summed E-state index contributed by atoms with van der Waals surface area (Å²) in [4.78, 5) is 4.42. The molecule has 4 rings (SSSR count). The van der Waals surface area contributed by atoms with Crippen molar-refractivity contribution in [3.05, 3.63) is 89.5 Å². The van der Waals surface area contributed by atoms with Gasteiger partial charge < -0.3 is 5.32 Å². The van der Waals surface area contributed by atoms with Crippen molar-refractivity contribution in [2.24, 2.45) is 0 Å². The molecule has 4 aromatic rings. The standard InChI is InChI=1S/C26H24F4N4/c1-2-3-13-31-23-12-10-19(16-32-23)24(18-9-11-22-20(14-18)25(27)34-33-22)21(15-26(28,29)30)17-7-5-4-6-8-17/h4-12,14,16H,2-3,13,15H2,1H3,(H,31,32)(H,33,34)/b24-21-. The van der Waals surface area contributed by atoms with Crippen LogP contribution in [0.3, 0.4) is 0 Å². The summed E-state index contributed by atoms with van der Waals surface area (Å²) >= 11 is 0. The van der Waals surface area contributed by atoms with Crippen molar-refractivity contribution in [3.8, 4) is 0 Å². The molecular formula is C26H24F4N4. The lowest BCUT2D eigenvalue weighted by Gasteiger charge is -2.19. The molecule has 8 heteroatoms. The van der Waals surface area contributed by atoms with Crippen molar-refractivity contribution >= 4 is 27.9 Å². The van der Waals surface area contributed by atoms with Gasteiger partial charge in [-0.3, -0.25) is 5.10 Å². The number of rotatable bonds is 8. The zero-order valence-corrected chi connectivity index (χ0v) is 18.6. The fraction of sp³-hybridized carbons (Fsp3) is 0.231. The third-order valence-corrected chi connectivity index (χ3v) is 5.49. The van der Waals surface area contributed by atoms with Gasteiger partial charge in [0.1, 0.15) is 5.82 Å². The second-order valence-electron chi connectivity index (χ2n) is 7.99. The summed E-state index contributed by atoms with van der Waals surface area (Å²) in [7, 11) is 0. The number of alkyl halides is 3. The Morgan fingerprint density at radius 3 is 2.41 bits per heavy atom. The molecule has 0 fully saturated rings. The first kappa shape index (κ1) is 23.5. The number of anilines is 1. The maximum absolute atomic E-state index is 14.3. The highest BCUT2D eigenvalue weighted by molar-refractivity contribution is 6.00. The van der Waals surface area contributed by atoms with E-state index in [0.717, 1.165) is 19.4 Å². The van der Waals surface area contributed by atoms with Crippen molar-refractivity contribution in [3.63, 3.8) is 0 Å². The number of aromatic amines is 1. The first-order valence-corrected chi connectivity index (χ1v) is 11.1. The van der Waals surface area contributed by atoms with Crippen molar-refractivity contribution in [2.45, 2.75) is 32.4 Å². The first-order chi connectivity index (χ1) is 16.4. The van der Waals surface area contributed by atoms with Crippen LogP contribution in [-0.2, 0) is 0 Å². The Morgan fingerprint density at radius 1 is 0.971 bits per heavy atom. The SMILES string of the molecule is CCCCNc1ccc(/C(=C(/CC(F)(F)F)c2ccccc2)c2ccc3n[nH]c(F)c3c2)cn1. The van der Waals surface area contributed by atoms with E-state index in [9.17, 15) is 17.6 Å². The fourth-order valence-electron chi connectivity index (χ4n) is 3.86. The predicted molar refractivity (Wildman–Crippen MR) is 127 cm³/mol. The molecule has 2 heterocycles. The lowest BCUT2D eigenvalue weighted by atomic mass is 9.88. The number of benzene rings is 2. The number of aromatic nitrogens is 3. The number of nitrogens with one attached hydrogen (secondary N) is 2. The van der Waals surface area contributed by atoms with E-state index in [-0.39, 0.29) is 11.0 Å². The lowest BCUT2D eigenvalue weighted by molar-refractivity contribution is -0.122. The summed E-state index contributed by atoms with van der Waals surface area (Å²) in [5, 5.41) is 9.58. The van der Waals surface area contributed by atoms with Crippen molar-refractivity contribution < 1.29 is 17.6 Å². The minimum atomic E-state index is -4.45. The Bertz CT molecular complexity index is 1280. The number of nitrogens with zero attached hydrogens (tertiary/aromatic N) is 2. The Balaban J connectivity index is 1.91. The monoisotopic (exact) mass is 468 g/mol. The summed E-state index contributed by atoms with van der Waals surface area (Å²) in [5.41, 5.74) is 2.22. The van der Waals surface area contributed by atoms with Crippen molar-refractivity contribution in [1.82, 2.24) is 15.2 Å². The molecule has 2 N–H and O–H groups in total. The molecule has 0 saturated heterocycles. The van der Waals surface area contributed by atoms with Gasteiger partial charge in [-0.15, -0.1) is 0 Å². The van der Waals surface area contributed by atoms with Gasteiger partial charge in [0.15, 0.2) is 0 Å². The van der Waals surface area contributed by atoms with Crippen LogP contribution in [-0.4, -0.2) is 27.9 Å². The van der Waals surface area contributed by atoms with Crippen LogP contribution >= 0.6 is 0 Å². The van der Waals surface area contributed by atoms with Crippen LogP contribution in [0.15, 0.2) is 66.9 Å². The average molecular weight is 468 g/mol. The van der Waals surface area contributed by atoms with Gasteiger partial charge >= 0.3 is 6.18 Å². The molecule has 0 aliphatic heterocycles. The van der Waals surface area contributed by atoms with Crippen LogP contribution in [0.1, 0.15) is 42.9 Å². The zero-order chi connectivity index (χ0) is 24.1. The van der Waals surface area contributed by atoms with E-state index in [2.05, 4.69) is 27.4 Å². The second kappa shape index (κ2) is 10.1. The Labute approximate surface area is 194 Å². The molecule has 0 atom stereocenters. The molecule has 2 aromatic heterocycles. The van der Waals surface area contributed by atoms with Gasteiger partial charge in [-0.2, -0.15) is 22.7 Å². The third-order valence-electron chi connectivity index (χ3n) is 5.49. The number of fused-ring (bicyclic) bond motifs is 1. The predicted octanol–water partition coefficient (Wildman–Crippen LogP) is 7.22. The van der Waals surface area contributed by atoms with Crippen LogP contribution in [0, 0.1) is 5.95 Å². The van der Waals surface area contributed by atoms with E-state index in [1.54, 1.807) is 60.8 Å². The number of hydrogen-bond donors (Lipinski definition) is 2. The molecule has 2 aromatic carbocycles. The number of hydrogen-bond acceptors (Lipinski definition) is 3.